The Labute approximate surface area is 117 Å². The summed E-state index contributed by atoms with van der Waals surface area (Å²) in [5.74, 6) is 0.522. The molecule has 0 spiro atoms. The summed E-state index contributed by atoms with van der Waals surface area (Å²) in [7, 11) is 1.70. The maximum atomic E-state index is 12.3. The van der Waals surface area contributed by atoms with E-state index in [0.717, 1.165) is 38.8 Å². The van der Waals surface area contributed by atoms with E-state index in [2.05, 4.69) is 20.7 Å². The zero-order valence-electron chi connectivity index (χ0n) is 11.7. The van der Waals surface area contributed by atoms with E-state index in [4.69, 9.17) is 4.74 Å². The van der Waals surface area contributed by atoms with Crippen LogP contribution in [0.4, 0.5) is 4.79 Å². The van der Waals surface area contributed by atoms with Crippen LogP contribution < -0.4 is 5.32 Å². The number of tetrazole rings is 1. The predicted octanol–water partition coefficient (Wildman–Crippen LogP) is 0.0631. The lowest BCUT2D eigenvalue weighted by Gasteiger charge is -2.28. The number of aromatic nitrogens is 4. The summed E-state index contributed by atoms with van der Waals surface area (Å²) in [6.07, 6.45) is 4.43. The lowest BCUT2D eigenvalue weighted by Crippen LogP contribution is -2.47. The van der Waals surface area contributed by atoms with Crippen molar-refractivity contribution in [1.82, 2.24) is 30.4 Å². The fourth-order valence-corrected chi connectivity index (χ4v) is 2.99. The molecule has 0 aliphatic carbocycles. The zero-order valence-corrected chi connectivity index (χ0v) is 11.7. The number of hydrogen-bond acceptors (Lipinski definition) is 5. The molecule has 3 heterocycles. The second-order valence-electron chi connectivity index (χ2n) is 5.31. The smallest absolute Gasteiger partial charge is 0.318 e. The maximum absolute atomic E-state index is 12.3. The summed E-state index contributed by atoms with van der Waals surface area (Å²) in [6.45, 7) is 1.92. The number of urea groups is 1. The number of nitrogens with zero attached hydrogens (tertiary/aromatic N) is 5. The van der Waals surface area contributed by atoms with Gasteiger partial charge in [0.25, 0.3) is 0 Å². The standard InChI is InChI=1S/C12H20N6O2/c1-17-15-11(14-16-17)8-13-12(19)18-6-2-4-9(18)10-5-3-7-20-10/h9-10H,2-8H2,1H3,(H,13,19)/t9-,10+/m0/s1. The fourth-order valence-electron chi connectivity index (χ4n) is 2.99. The van der Waals surface area contributed by atoms with Crippen LogP contribution in [0.5, 0.6) is 0 Å². The van der Waals surface area contributed by atoms with E-state index in [1.54, 1.807) is 7.05 Å². The molecule has 20 heavy (non-hydrogen) atoms. The first-order valence-electron chi connectivity index (χ1n) is 7.13. The van der Waals surface area contributed by atoms with Crippen molar-refractivity contribution in [3.63, 3.8) is 0 Å². The highest BCUT2D eigenvalue weighted by molar-refractivity contribution is 5.74. The van der Waals surface area contributed by atoms with Gasteiger partial charge in [0.15, 0.2) is 5.82 Å². The second kappa shape index (κ2) is 5.74. The Bertz CT molecular complexity index is 470. The third-order valence-corrected chi connectivity index (χ3v) is 3.90. The van der Waals surface area contributed by atoms with Crippen LogP contribution in [-0.2, 0) is 18.3 Å². The van der Waals surface area contributed by atoms with E-state index in [1.807, 2.05) is 4.90 Å². The van der Waals surface area contributed by atoms with Crippen LogP contribution in [0.15, 0.2) is 0 Å². The number of carbonyl (C=O) groups is 1. The minimum atomic E-state index is -0.0598. The zero-order chi connectivity index (χ0) is 13.9. The third kappa shape index (κ3) is 2.74. The van der Waals surface area contributed by atoms with E-state index in [0.29, 0.717) is 12.4 Å². The Morgan fingerprint density at radius 1 is 1.45 bits per heavy atom. The van der Waals surface area contributed by atoms with Crippen LogP contribution in [0.3, 0.4) is 0 Å². The first-order valence-corrected chi connectivity index (χ1v) is 7.13. The topological polar surface area (TPSA) is 85.2 Å². The molecule has 8 heteroatoms. The molecule has 1 N–H and O–H groups in total. The number of carbonyl (C=O) groups excluding carboxylic acids is 1. The molecule has 8 nitrogen and oxygen atoms in total. The molecule has 3 rings (SSSR count). The van der Waals surface area contributed by atoms with Gasteiger partial charge in [-0.3, -0.25) is 0 Å². The number of likely N-dealkylation sites (tertiary alicyclic amines) is 1. The number of amides is 2. The number of ether oxygens (including phenoxy) is 1. The third-order valence-electron chi connectivity index (χ3n) is 3.90. The Balaban J connectivity index is 1.55. The molecule has 1 aromatic heterocycles. The van der Waals surface area contributed by atoms with Crippen LogP contribution in [0.1, 0.15) is 31.5 Å². The normalized spacial score (nSPS) is 26.1. The molecule has 2 atom stereocenters. The lowest BCUT2D eigenvalue weighted by molar-refractivity contribution is 0.0520. The minimum Gasteiger partial charge on any atom is -0.376 e. The molecule has 110 valence electrons. The molecule has 1 aromatic rings. The molecule has 2 amide bonds. The lowest BCUT2D eigenvalue weighted by atomic mass is 10.1. The van der Waals surface area contributed by atoms with Crippen molar-refractivity contribution >= 4 is 6.03 Å². The summed E-state index contributed by atoms with van der Waals surface area (Å²) in [5.41, 5.74) is 0. The Hall–Kier alpha value is -1.70. The number of rotatable bonds is 3. The van der Waals surface area contributed by atoms with E-state index in [-0.39, 0.29) is 18.2 Å². The molecule has 0 unspecified atom stereocenters. The summed E-state index contributed by atoms with van der Waals surface area (Å²) in [4.78, 5) is 15.5. The van der Waals surface area contributed by atoms with Crippen LogP contribution in [0.25, 0.3) is 0 Å². The molecule has 2 saturated heterocycles. The average Bonchev–Trinajstić information content (AvgIpc) is 3.16. The molecule has 2 aliphatic rings. The monoisotopic (exact) mass is 280 g/mol. The van der Waals surface area contributed by atoms with E-state index >= 15 is 0 Å². The molecule has 0 radical (unpaired) electrons. The van der Waals surface area contributed by atoms with Gasteiger partial charge in [-0.05, 0) is 30.9 Å². The molecule has 0 saturated carbocycles. The van der Waals surface area contributed by atoms with Crippen molar-refractivity contribution in [1.29, 1.82) is 0 Å². The second-order valence-corrected chi connectivity index (χ2v) is 5.31. The van der Waals surface area contributed by atoms with Crippen molar-refractivity contribution in [3.05, 3.63) is 5.82 Å². The van der Waals surface area contributed by atoms with Gasteiger partial charge in [0.2, 0.25) is 0 Å². The summed E-state index contributed by atoms with van der Waals surface area (Å²) < 4.78 is 5.72. The fraction of sp³-hybridized carbons (Fsp3) is 0.833. The summed E-state index contributed by atoms with van der Waals surface area (Å²) >= 11 is 0. The quantitative estimate of drug-likeness (QED) is 0.846. The van der Waals surface area contributed by atoms with Gasteiger partial charge in [-0.1, -0.05) is 0 Å². The van der Waals surface area contributed by atoms with Gasteiger partial charge in [0.05, 0.1) is 25.7 Å². The van der Waals surface area contributed by atoms with Gasteiger partial charge >= 0.3 is 6.03 Å². The number of nitrogens with one attached hydrogen (secondary N) is 1. The van der Waals surface area contributed by atoms with Crippen LogP contribution in [0, 0.1) is 0 Å². The highest BCUT2D eigenvalue weighted by atomic mass is 16.5. The van der Waals surface area contributed by atoms with Gasteiger partial charge in [-0.25, -0.2) is 4.79 Å². The van der Waals surface area contributed by atoms with Crippen LogP contribution in [0.2, 0.25) is 0 Å². The predicted molar refractivity (Wildman–Crippen MR) is 69.7 cm³/mol. The molecule has 2 fully saturated rings. The summed E-state index contributed by atoms with van der Waals surface area (Å²) in [5, 5.41) is 14.5. The van der Waals surface area contributed by atoms with Gasteiger partial charge in [0.1, 0.15) is 0 Å². The van der Waals surface area contributed by atoms with Crippen molar-refractivity contribution in [2.75, 3.05) is 13.2 Å². The largest absolute Gasteiger partial charge is 0.376 e. The van der Waals surface area contributed by atoms with E-state index < -0.39 is 0 Å². The van der Waals surface area contributed by atoms with Gasteiger partial charge in [0, 0.05) is 13.2 Å². The number of aryl methyl sites for hydroxylation is 1. The van der Waals surface area contributed by atoms with E-state index in [9.17, 15) is 4.79 Å². The molecule has 2 aliphatic heterocycles. The Kier molecular flexibility index (Phi) is 3.81. The van der Waals surface area contributed by atoms with Crippen molar-refractivity contribution < 1.29 is 9.53 Å². The molecule has 0 aromatic carbocycles. The van der Waals surface area contributed by atoms with Gasteiger partial charge in [-0.15, -0.1) is 10.2 Å². The van der Waals surface area contributed by atoms with Crippen LogP contribution in [-0.4, -0.2) is 56.4 Å². The average molecular weight is 280 g/mol. The number of hydrogen-bond donors (Lipinski definition) is 1. The Morgan fingerprint density at radius 2 is 2.35 bits per heavy atom. The SMILES string of the molecule is Cn1nnc(CNC(=O)N2CCC[C@H]2[C@H]2CCCO2)n1. The van der Waals surface area contributed by atoms with Crippen molar-refractivity contribution in [3.8, 4) is 0 Å². The minimum absolute atomic E-state index is 0.0598. The van der Waals surface area contributed by atoms with Crippen molar-refractivity contribution in [2.24, 2.45) is 7.05 Å². The highest BCUT2D eigenvalue weighted by Crippen LogP contribution is 2.27. The van der Waals surface area contributed by atoms with Crippen LogP contribution >= 0.6 is 0 Å². The van der Waals surface area contributed by atoms with E-state index in [1.165, 1.54) is 4.80 Å². The Morgan fingerprint density at radius 3 is 3.05 bits per heavy atom. The molecule has 0 bridgehead atoms. The first kappa shape index (κ1) is 13.3. The van der Waals surface area contributed by atoms with Gasteiger partial charge in [-0.2, -0.15) is 4.80 Å². The summed E-state index contributed by atoms with van der Waals surface area (Å²) in [6, 6.07) is 0.155. The molecular formula is C12H20N6O2. The maximum Gasteiger partial charge on any atom is 0.318 e. The molecular weight excluding hydrogens is 260 g/mol. The highest BCUT2D eigenvalue weighted by Gasteiger charge is 2.36. The van der Waals surface area contributed by atoms with Crippen molar-refractivity contribution in [2.45, 2.75) is 44.4 Å². The first-order chi connectivity index (χ1) is 9.74. The van der Waals surface area contributed by atoms with Gasteiger partial charge < -0.3 is 15.0 Å².